The van der Waals surface area contributed by atoms with Crippen molar-refractivity contribution in [2.24, 2.45) is 0 Å². The zero-order valence-corrected chi connectivity index (χ0v) is 11.6. The van der Waals surface area contributed by atoms with Gasteiger partial charge in [0.2, 0.25) is 0 Å². The maximum absolute atomic E-state index is 6.26. The summed E-state index contributed by atoms with van der Waals surface area (Å²) < 4.78 is 0. The van der Waals surface area contributed by atoms with Crippen LogP contribution in [0.3, 0.4) is 0 Å². The Labute approximate surface area is 113 Å². The number of rotatable bonds is 3. The van der Waals surface area contributed by atoms with E-state index in [1.54, 1.807) is 0 Å². The van der Waals surface area contributed by atoms with Crippen molar-refractivity contribution in [3.05, 3.63) is 63.9 Å². The zero-order valence-electron chi connectivity index (χ0n) is 10.9. The smallest absolute Gasteiger partial charge is 0.0766 e. The third kappa shape index (κ3) is 2.55. The molecule has 0 spiro atoms. The lowest BCUT2D eigenvalue weighted by molar-refractivity contribution is 0.665. The van der Waals surface area contributed by atoms with Crippen LogP contribution in [0.25, 0.3) is 0 Å². The Hall–Kier alpha value is -1.38. The molecule has 0 aliphatic heterocycles. The van der Waals surface area contributed by atoms with Crippen LogP contribution < -0.4 is 5.32 Å². The number of hydrogen-bond acceptors (Lipinski definition) is 2. The van der Waals surface area contributed by atoms with E-state index < -0.39 is 0 Å². The van der Waals surface area contributed by atoms with E-state index in [0.717, 1.165) is 16.3 Å². The highest BCUT2D eigenvalue weighted by molar-refractivity contribution is 6.31. The molecular weight excluding hydrogens is 244 g/mol. The minimum Gasteiger partial charge on any atom is -0.308 e. The van der Waals surface area contributed by atoms with Gasteiger partial charge in [-0.05, 0) is 43.7 Å². The molecule has 1 aromatic carbocycles. The van der Waals surface area contributed by atoms with Crippen LogP contribution in [0.5, 0.6) is 0 Å². The number of benzene rings is 1. The third-order valence-electron chi connectivity index (χ3n) is 3.03. The van der Waals surface area contributed by atoms with E-state index in [2.05, 4.69) is 23.3 Å². The van der Waals surface area contributed by atoms with Crippen LogP contribution in [0.2, 0.25) is 5.02 Å². The van der Waals surface area contributed by atoms with Gasteiger partial charge in [-0.15, -0.1) is 0 Å². The average Bonchev–Trinajstić information content (AvgIpc) is 2.34. The van der Waals surface area contributed by atoms with E-state index in [4.69, 9.17) is 11.6 Å². The molecule has 0 amide bonds. The van der Waals surface area contributed by atoms with Gasteiger partial charge < -0.3 is 5.32 Å². The van der Waals surface area contributed by atoms with Crippen LogP contribution in [-0.4, -0.2) is 12.0 Å². The largest absolute Gasteiger partial charge is 0.308 e. The molecule has 0 bridgehead atoms. The van der Waals surface area contributed by atoms with E-state index in [9.17, 15) is 0 Å². The molecule has 0 aliphatic carbocycles. The van der Waals surface area contributed by atoms with E-state index in [1.165, 1.54) is 11.1 Å². The first-order chi connectivity index (χ1) is 8.63. The van der Waals surface area contributed by atoms with Crippen LogP contribution >= 0.6 is 11.6 Å². The lowest BCUT2D eigenvalue weighted by atomic mass is 9.99. The fourth-order valence-corrected chi connectivity index (χ4v) is 2.42. The summed E-state index contributed by atoms with van der Waals surface area (Å²) in [5.41, 5.74) is 4.43. The van der Waals surface area contributed by atoms with Crippen molar-refractivity contribution >= 4 is 11.6 Å². The van der Waals surface area contributed by atoms with Gasteiger partial charge in [0.05, 0.1) is 11.7 Å². The summed E-state index contributed by atoms with van der Waals surface area (Å²) in [7, 11) is 1.93. The van der Waals surface area contributed by atoms with Gasteiger partial charge in [-0.2, -0.15) is 0 Å². The van der Waals surface area contributed by atoms with E-state index in [-0.39, 0.29) is 6.04 Å². The average molecular weight is 261 g/mol. The highest BCUT2D eigenvalue weighted by Crippen LogP contribution is 2.28. The summed E-state index contributed by atoms with van der Waals surface area (Å²) in [6, 6.07) is 10.0. The maximum Gasteiger partial charge on any atom is 0.0766 e. The predicted octanol–water partition coefficient (Wildman–Crippen LogP) is 3.66. The van der Waals surface area contributed by atoms with Crippen molar-refractivity contribution in [1.82, 2.24) is 10.3 Å². The number of aromatic nitrogens is 1. The maximum atomic E-state index is 6.26. The lowest BCUT2D eigenvalue weighted by Gasteiger charge is -2.19. The molecule has 2 rings (SSSR count). The molecule has 1 aromatic heterocycles. The first kappa shape index (κ1) is 13.1. The van der Waals surface area contributed by atoms with Gasteiger partial charge in [-0.25, -0.2) is 0 Å². The highest BCUT2D eigenvalue weighted by Gasteiger charge is 2.17. The Bertz CT molecular complexity index is 552. The van der Waals surface area contributed by atoms with Crippen LogP contribution in [-0.2, 0) is 0 Å². The fourth-order valence-electron chi connectivity index (χ4n) is 2.18. The van der Waals surface area contributed by atoms with Gasteiger partial charge in [-0.1, -0.05) is 35.9 Å². The van der Waals surface area contributed by atoms with Crippen molar-refractivity contribution in [3.8, 4) is 0 Å². The number of hydrogen-bond donors (Lipinski definition) is 1. The summed E-state index contributed by atoms with van der Waals surface area (Å²) in [5.74, 6) is 0. The molecule has 2 nitrogen and oxygen atoms in total. The van der Waals surface area contributed by atoms with Gasteiger partial charge >= 0.3 is 0 Å². The van der Waals surface area contributed by atoms with Crippen LogP contribution in [0, 0.1) is 13.8 Å². The summed E-state index contributed by atoms with van der Waals surface area (Å²) in [6.45, 7) is 4.13. The summed E-state index contributed by atoms with van der Waals surface area (Å²) >= 11 is 6.26. The van der Waals surface area contributed by atoms with Gasteiger partial charge in [0, 0.05) is 11.2 Å². The molecule has 0 radical (unpaired) electrons. The molecule has 94 valence electrons. The molecular formula is C15H17ClN2. The number of nitrogens with one attached hydrogen (secondary N) is 1. The number of pyridine rings is 1. The summed E-state index contributed by atoms with van der Waals surface area (Å²) in [5, 5.41) is 4.05. The minimum absolute atomic E-state index is 0.0271. The topological polar surface area (TPSA) is 24.9 Å². The van der Waals surface area contributed by atoms with Crippen molar-refractivity contribution in [2.75, 3.05) is 7.05 Å². The van der Waals surface area contributed by atoms with Crippen LogP contribution in [0.1, 0.15) is 28.4 Å². The molecule has 18 heavy (non-hydrogen) atoms. The number of halogens is 1. The van der Waals surface area contributed by atoms with Crippen LogP contribution in [0.15, 0.2) is 36.5 Å². The normalized spacial score (nSPS) is 12.4. The van der Waals surface area contributed by atoms with Crippen molar-refractivity contribution in [1.29, 1.82) is 0 Å². The molecule has 0 saturated carbocycles. The minimum atomic E-state index is 0.0271. The Morgan fingerprint density at radius 3 is 2.56 bits per heavy atom. The number of aryl methyl sites for hydroxylation is 2. The van der Waals surface area contributed by atoms with Crippen LogP contribution in [0.4, 0.5) is 0 Å². The molecule has 1 unspecified atom stereocenters. The quantitative estimate of drug-likeness (QED) is 0.911. The molecule has 2 aromatic rings. The Morgan fingerprint density at radius 1 is 1.22 bits per heavy atom. The van der Waals surface area contributed by atoms with Crippen molar-refractivity contribution < 1.29 is 0 Å². The molecule has 1 heterocycles. The monoisotopic (exact) mass is 260 g/mol. The fraction of sp³-hybridized carbons (Fsp3) is 0.267. The molecule has 3 heteroatoms. The first-order valence-electron chi connectivity index (χ1n) is 5.98. The second kappa shape index (κ2) is 5.51. The van der Waals surface area contributed by atoms with Crippen molar-refractivity contribution in [3.63, 3.8) is 0 Å². The highest BCUT2D eigenvalue weighted by atomic mass is 35.5. The van der Waals surface area contributed by atoms with Gasteiger partial charge in [0.15, 0.2) is 0 Å². The molecule has 1 atom stereocenters. The Kier molecular flexibility index (Phi) is 4.00. The summed E-state index contributed by atoms with van der Waals surface area (Å²) in [6.07, 6.45) is 1.89. The van der Waals surface area contributed by atoms with E-state index >= 15 is 0 Å². The second-order valence-electron chi connectivity index (χ2n) is 4.46. The van der Waals surface area contributed by atoms with E-state index in [1.807, 2.05) is 44.4 Å². The lowest BCUT2D eigenvalue weighted by Crippen LogP contribution is -2.20. The van der Waals surface area contributed by atoms with Crippen molar-refractivity contribution in [2.45, 2.75) is 19.9 Å². The third-order valence-corrected chi connectivity index (χ3v) is 3.38. The second-order valence-corrected chi connectivity index (χ2v) is 4.87. The van der Waals surface area contributed by atoms with Gasteiger partial charge in [-0.3, -0.25) is 4.98 Å². The van der Waals surface area contributed by atoms with E-state index in [0.29, 0.717) is 0 Å². The summed E-state index contributed by atoms with van der Waals surface area (Å²) in [4.78, 5) is 4.55. The predicted molar refractivity (Wildman–Crippen MR) is 76.1 cm³/mol. The van der Waals surface area contributed by atoms with Gasteiger partial charge in [0.1, 0.15) is 0 Å². The SMILES string of the molecule is CNC(c1ccccc1Cl)c1ncc(C)cc1C. The zero-order chi connectivity index (χ0) is 13.1. The molecule has 1 N–H and O–H groups in total. The molecule has 0 saturated heterocycles. The standard InChI is InChI=1S/C15H17ClN2/c1-10-8-11(2)14(18-9-10)15(17-3)12-6-4-5-7-13(12)16/h4-9,15,17H,1-3H3. The molecule has 0 fully saturated rings. The Morgan fingerprint density at radius 2 is 1.94 bits per heavy atom. The van der Waals surface area contributed by atoms with Gasteiger partial charge in [0.25, 0.3) is 0 Å². The Balaban J connectivity index is 2.49. The molecule has 0 aliphatic rings. The number of nitrogens with zero attached hydrogens (tertiary/aromatic N) is 1. The first-order valence-corrected chi connectivity index (χ1v) is 6.36.